The average Bonchev–Trinajstić information content (AvgIpc) is 3.28. The van der Waals surface area contributed by atoms with Gasteiger partial charge in [-0.05, 0) is 37.5 Å². The number of aromatic amines is 1. The summed E-state index contributed by atoms with van der Waals surface area (Å²) in [6.07, 6.45) is 7.51. The number of nitrogens with zero attached hydrogens (tertiary/aromatic N) is 3. The number of piperidine rings is 1. The van der Waals surface area contributed by atoms with Crippen LogP contribution in [0.5, 0.6) is 5.75 Å². The molecule has 1 aliphatic rings. The number of carbonyl (C=O) groups is 1. The third-order valence-corrected chi connectivity index (χ3v) is 5.50. The summed E-state index contributed by atoms with van der Waals surface area (Å²) in [5.41, 5.74) is 1.68. The Bertz CT molecular complexity index is 1000. The maximum Gasteiger partial charge on any atom is 0.239 e. The maximum atomic E-state index is 12.6. The minimum absolute atomic E-state index is 0.0234. The van der Waals surface area contributed by atoms with E-state index in [-0.39, 0.29) is 18.5 Å². The Morgan fingerprint density at radius 3 is 3.10 bits per heavy atom. The Hall–Kier alpha value is -3.29. The molecule has 0 saturated carbocycles. The average molecular weight is 423 g/mol. The van der Waals surface area contributed by atoms with Gasteiger partial charge in [0, 0.05) is 25.3 Å². The van der Waals surface area contributed by atoms with Gasteiger partial charge in [-0.1, -0.05) is 25.5 Å². The zero-order valence-corrected chi connectivity index (χ0v) is 17.9. The van der Waals surface area contributed by atoms with Gasteiger partial charge in [-0.15, -0.1) is 0 Å². The van der Waals surface area contributed by atoms with Crippen molar-refractivity contribution in [1.29, 1.82) is 0 Å². The highest BCUT2D eigenvalue weighted by Crippen LogP contribution is 2.25. The van der Waals surface area contributed by atoms with E-state index in [0.717, 1.165) is 67.1 Å². The lowest BCUT2D eigenvalue weighted by Gasteiger charge is -2.34. The largest absolute Gasteiger partial charge is 0.491 e. The van der Waals surface area contributed by atoms with Crippen molar-refractivity contribution in [2.24, 2.45) is 0 Å². The molecule has 0 bridgehead atoms. The van der Waals surface area contributed by atoms with Crippen molar-refractivity contribution >= 4 is 28.4 Å². The van der Waals surface area contributed by atoms with E-state index in [4.69, 9.17) is 4.74 Å². The first kappa shape index (κ1) is 21.0. The summed E-state index contributed by atoms with van der Waals surface area (Å²) < 4.78 is 5.84. The van der Waals surface area contributed by atoms with Crippen molar-refractivity contribution in [2.75, 3.05) is 36.5 Å². The summed E-state index contributed by atoms with van der Waals surface area (Å²) in [5.74, 6) is 1.68. The molecule has 164 valence electrons. The molecular weight excluding hydrogens is 392 g/mol. The summed E-state index contributed by atoms with van der Waals surface area (Å²) in [6, 6.07) is 9.83. The van der Waals surface area contributed by atoms with Crippen molar-refractivity contribution in [1.82, 2.24) is 20.3 Å². The van der Waals surface area contributed by atoms with Crippen LogP contribution >= 0.6 is 0 Å². The van der Waals surface area contributed by atoms with Crippen LogP contribution in [0.1, 0.15) is 32.6 Å². The van der Waals surface area contributed by atoms with E-state index in [1.807, 2.05) is 36.5 Å². The van der Waals surface area contributed by atoms with E-state index in [0.29, 0.717) is 6.61 Å². The van der Waals surface area contributed by atoms with Crippen LogP contribution in [0.3, 0.4) is 0 Å². The fourth-order valence-corrected chi connectivity index (χ4v) is 3.92. The molecule has 4 rings (SSSR count). The maximum absolute atomic E-state index is 12.6. The second-order valence-electron chi connectivity index (χ2n) is 7.84. The van der Waals surface area contributed by atoms with Gasteiger partial charge in [0.15, 0.2) is 0 Å². The Labute approximate surface area is 182 Å². The van der Waals surface area contributed by atoms with Crippen molar-refractivity contribution < 1.29 is 9.53 Å². The molecule has 1 saturated heterocycles. The molecule has 1 fully saturated rings. The number of rotatable bonds is 9. The fraction of sp³-hybridized carbons (Fsp3) is 0.435. The SMILES string of the molecule is CCCCOc1ccccc1NCC(=O)N[C@@H]1CCCN(c2ncnc3[nH]ccc23)C1. The van der Waals surface area contributed by atoms with Gasteiger partial charge in [0.2, 0.25) is 5.91 Å². The molecule has 0 aliphatic carbocycles. The molecule has 1 aliphatic heterocycles. The zero-order valence-electron chi connectivity index (χ0n) is 17.9. The number of aromatic nitrogens is 3. The molecule has 1 aromatic carbocycles. The van der Waals surface area contributed by atoms with Crippen LogP contribution < -0.4 is 20.3 Å². The van der Waals surface area contributed by atoms with Gasteiger partial charge in [-0.25, -0.2) is 9.97 Å². The van der Waals surface area contributed by atoms with Crippen molar-refractivity contribution in [3.63, 3.8) is 0 Å². The number of H-pyrrole nitrogens is 1. The molecule has 2 aromatic heterocycles. The topological polar surface area (TPSA) is 95.2 Å². The second-order valence-corrected chi connectivity index (χ2v) is 7.84. The van der Waals surface area contributed by atoms with E-state index < -0.39 is 0 Å². The lowest BCUT2D eigenvalue weighted by molar-refractivity contribution is -0.120. The van der Waals surface area contributed by atoms with E-state index in [2.05, 4.69) is 37.4 Å². The van der Waals surface area contributed by atoms with Crippen molar-refractivity contribution in [3.05, 3.63) is 42.9 Å². The van der Waals surface area contributed by atoms with Crippen LogP contribution in [0.4, 0.5) is 11.5 Å². The molecule has 1 atom stereocenters. The highest BCUT2D eigenvalue weighted by molar-refractivity contribution is 5.87. The first-order chi connectivity index (χ1) is 15.2. The van der Waals surface area contributed by atoms with E-state index >= 15 is 0 Å². The first-order valence-electron chi connectivity index (χ1n) is 11.0. The number of nitrogens with one attached hydrogen (secondary N) is 3. The van der Waals surface area contributed by atoms with Gasteiger partial charge in [0.1, 0.15) is 23.5 Å². The first-order valence-corrected chi connectivity index (χ1v) is 11.0. The van der Waals surface area contributed by atoms with Gasteiger partial charge in [0.25, 0.3) is 0 Å². The highest BCUT2D eigenvalue weighted by Gasteiger charge is 2.24. The van der Waals surface area contributed by atoms with Crippen LogP contribution in [-0.4, -0.2) is 53.1 Å². The Morgan fingerprint density at radius 1 is 1.29 bits per heavy atom. The standard InChI is InChI=1S/C23H30N6O2/c1-2-3-13-31-20-9-5-4-8-19(20)25-14-21(30)28-17-7-6-12-29(15-17)23-18-10-11-24-22(18)26-16-27-23/h4-5,8-11,16-17,25H,2-3,6-7,12-15H2,1H3,(H,28,30)(H,24,26,27)/t17-/m1/s1. The predicted octanol–water partition coefficient (Wildman–Crippen LogP) is 3.33. The summed E-state index contributed by atoms with van der Waals surface area (Å²) in [6.45, 7) is 4.68. The summed E-state index contributed by atoms with van der Waals surface area (Å²) in [5, 5.41) is 7.40. The molecule has 3 aromatic rings. The molecule has 1 amide bonds. The van der Waals surface area contributed by atoms with Gasteiger partial charge in [-0.2, -0.15) is 0 Å². The number of carbonyl (C=O) groups excluding carboxylic acids is 1. The monoisotopic (exact) mass is 422 g/mol. The minimum atomic E-state index is -0.0234. The molecule has 0 radical (unpaired) electrons. The highest BCUT2D eigenvalue weighted by atomic mass is 16.5. The molecule has 3 heterocycles. The molecule has 0 spiro atoms. The van der Waals surface area contributed by atoms with E-state index in [9.17, 15) is 4.79 Å². The molecule has 8 nitrogen and oxygen atoms in total. The second kappa shape index (κ2) is 10.1. The quantitative estimate of drug-likeness (QED) is 0.458. The third-order valence-electron chi connectivity index (χ3n) is 5.50. The normalized spacial score (nSPS) is 16.3. The number of hydrogen-bond acceptors (Lipinski definition) is 6. The summed E-state index contributed by atoms with van der Waals surface area (Å²) >= 11 is 0. The smallest absolute Gasteiger partial charge is 0.239 e. The van der Waals surface area contributed by atoms with Crippen LogP contribution in [0, 0.1) is 0 Å². The fourth-order valence-electron chi connectivity index (χ4n) is 3.92. The predicted molar refractivity (Wildman–Crippen MR) is 123 cm³/mol. The molecule has 0 unspecified atom stereocenters. The van der Waals surface area contributed by atoms with Gasteiger partial charge in [-0.3, -0.25) is 4.79 Å². The van der Waals surface area contributed by atoms with Crippen molar-refractivity contribution in [3.8, 4) is 5.75 Å². The molecule has 3 N–H and O–H groups in total. The van der Waals surface area contributed by atoms with Gasteiger partial charge >= 0.3 is 0 Å². The van der Waals surface area contributed by atoms with Gasteiger partial charge in [0.05, 0.1) is 24.2 Å². The van der Waals surface area contributed by atoms with Gasteiger partial charge < -0.3 is 25.3 Å². The number of fused-ring (bicyclic) bond motifs is 1. The molecule has 8 heteroatoms. The summed E-state index contributed by atoms with van der Waals surface area (Å²) in [7, 11) is 0. The third kappa shape index (κ3) is 5.25. The summed E-state index contributed by atoms with van der Waals surface area (Å²) in [4.78, 5) is 26.7. The number of anilines is 2. The Kier molecular flexibility index (Phi) is 6.86. The number of hydrogen-bond donors (Lipinski definition) is 3. The number of benzene rings is 1. The molecule has 31 heavy (non-hydrogen) atoms. The minimum Gasteiger partial charge on any atom is -0.491 e. The number of para-hydroxylation sites is 2. The molecular formula is C23H30N6O2. The van der Waals surface area contributed by atoms with Crippen LogP contribution in [0.2, 0.25) is 0 Å². The van der Waals surface area contributed by atoms with Crippen molar-refractivity contribution in [2.45, 2.75) is 38.6 Å². The Morgan fingerprint density at radius 2 is 2.19 bits per heavy atom. The number of amides is 1. The number of ether oxygens (including phenoxy) is 1. The van der Waals surface area contributed by atoms with Crippen LogP contribution in [-0.2, 0) is 4.79 Å². The lowest BCUT2D eigenvalue weighted by Crippen LogP contribution is -2.49. The van der Waals surface area contributed by atoms with Crippen LogP contribution in [0.15, 0.2) is 42.9 Å². The lowest BCUT2D eigenvalue weighted by atomic mass is 10.1. The zero-order chi connectivity index (χ0) is 21.5. The van der Waals surface area contributed by atoms with Crippen LogP contribution in [0.25, 0.3) is 11.0 Å². The van der Waals surface area contributed by atoms with E-state index in [1.165, 1.54) is 0 Å². The number of unbranched alkanes of at least 4 members (excludes halogenated alkanes) is 1. The Balaban J connectivity index is 1.32. The van der Waals surface area contributed by atoms with E-state index in [1.54, 1.807) is 6.33 Å².